The molecule has 1 aromatic heterocycles. The number of carbonyl (C=O) groups is 2. The van der Waals surface area contributed by atoms with Crippen LogP contribution in [0.3, 0.4) is 0 Å². The highest BCUT2D eigenvalue weighted by Gasteiger charge is 2.25. The minimum absolute atomic E-state index is 0.0566. The summed E-state index contributed by atoms with van der Waals surface area (Å²) in [5, 5.41) is 1.10. The molecule has 3 aromatic rings. The molecule has 0 unspecified atom stereocenters. The molecule has 0 radical (unpaired) electrons. The molecule has 0 saturated carbocycles. The minimum atomic E-state index is 0.0566. The van der Waals surface area contributed by atoms with Gasteiger partial charge in [0, 0.05) is 30.9 Å². The Labute approximate surface area is 168 Å². The van der Waals surface area contributed by atoms with Crippen molar-refractivity contribution in [3.63, 3.8) is 0 Å². The molecule has 2 heterocycles. The maximum Gasteiger partial charge on any atom is 0.264 e. The zero-order valence-corrected chi connectivity index (χ0v) is 16.6. The van der Waals surface area contributed by atoms with Gasteiger partial charge in [0.25, 0.3) is 5.91 Å². The van der Waals surface area contributed by atoms with Gasteiger partial charge in [-0.3, -0.25) is 9.59 Å². The molecule has 0 N–H and O–H groups in total. The van der Waals surface area contributed by atoms with E-state index in [4.69, 9.17) is 4.74 Å². The molecule has 1 saturated heterocycles. The van der Waals surface area contributed by atoms with Gasteiger partial charge in [-0.15, -0.1) is 11.3 Å². The van der Waals surface area contributed by atoms with E-state index >= 15 is 0 Å². The molecular formula is C22H22N2O3S. The van der Waals surface area contributed by atoms with E-state index in [0.29, 0.717) is 32.6 Å². The predicted octanol–water partition coefficient (Wildman–Crippen LogP) is 3.44. The van der Waals surface area contributed by atoms with Gasteiger partial charge >= 0.3 is 0 Å². The van der Waals surface area contributed by atoms with Crippen molar-refractivity contribution in [3.05, 3.63) is 65.0 Å². The molecule has 6 heteroatoms. The van der Waals surface area contributed by atoms with Gasteiger partial charge in [0.05, 0.1) is 18.4 Å². The molecule has 0 aliphatic carbocycles. The first kappa shape index (κ1) is 18.5. The molecule has 1 fully saturated rings. The van der Waals surface area contributed by atoms with E-state index in [1.54, 1.807) is 7.11 Å². The fourth-order valence-electron chi connectivity index (χ4n) is 3.47. The Balaban J connectivity index is 1.35. The van der Waals surface area contributed by atoms with Crippen LogP contribution in [0.5, 0.6) is 5.75 Å². The standard InChI is InChI=1S/C22H22N2O3S/c1-27-18-7-4-5-16(13-18)14-21(25)23-9-11-24(12-10-23)22(26)20-15-17-6-2-3-8-19(17)28-20/h2-8,13,15H,9-12,14H2,1H3. The predicted molar refractivity (Wildman–Crippen MR) is 111 cm³/mol. The number of ether oxygens (including phenoxy) is 1. The second kappa shape index (κ2) is 8.02. The smallest absolute Gasteiger partial charge is 0.264 e. The van der Waals surface area contributed by atoms with E-state index in [2.05, 4.69) is 0 Å². The first-order valence-corrected chi connectivity index (χ1v) is 10.1. The molecule has 5 nitrogen and oxygen atoms in total. The lowest BCUT2D eigenvalue weighted by molar-refractivity contribution is -0.131. The summed E-state index contributed by atoms with van der Waals surface area (Å²) >= 11 is 1.53. The zero-order valence-electron chi connectivity index (χ0n) is 15.8. The van der Waals surface area contributed by atoms with E-state index < -0.39 is 0 Å². The lowest BCUT2D eigenvalue weighted by Gasteiger charge is -2.34. The number of nitrogens with zero attached hydrogens (tertiary/aromatic N) is 2. The third-order valence-corrected chi connectivity index (χ3v) is 6.15. The number of hydrogen-bond acceptors (Lipinski definition) is 4. The van der Waals surface area contributed by atoms with E-state index in [0.717, 1.165) is 26.3 Å². The van der Waals surface area contributed by atoms with Gasteiger partial charge < -0.3 is 14.5 Å². The Kier molecular flexibility index (Phi) is 5.30. The van der Waals surface area contributed by atoms with Crippen LogP contribution in [-0.4, -0.2) is 54.9 Å². The number of benzene rings is 2. The third-order valence-electron chi connectivity index (χ3n) is 5.05. The van der Waals surface area contributed by atoms with Crippen molar-refractivity contribution in [2.24, 2.45) is 0 Å². The van der Waals surface area contributed by atoms with Crippen molar-refractivity contribution in [2.75, 3.05) is 33.3 Å². The van der Waals surface area contributed by atoms with Gasteiger partial charge in [-0.05, 0) is 35.2 Å². The van der Waals surface area contributed by atoms with Gasteiger partial charge in [-0.1, -0.05) is 30.3 Å². The quantitative estimate of drug-likeness (QED) is 0.681. The summed E-state index contributed by atoms with van der Waals surface area (Å²) in [5.41, 5.74) is 0.938. The average Bonchev–Trinajstić information content (AvgIpc) is 3.17. The molecule has 4 rings (SSSR count). The lowest BCUT2D eigenvalue weighted by atomic mass is 10.1. The average molecular weight is 394 g/mol. The van der Waals surface area contributed by atoms with Crippen LogP contribution in [0.15, 0.2) is 54.6 Å². The maximum absolute atomic E-state index is 12.8. The van der Waals surface area contributed by atoms with Crippen LogP contribution in [0.2, 0.25) is 0 Å². The summed E-state index contributed by atoms with van der Waals surface area (Å²) in [6.07, 6.45) is 0.349. The van der Waals surface area contributed by atoms with Gasteiger partial charge in [0.1, 0.15) is 5.75 Å². The van der Waals surface area contributed by atoms with E-state index in [1.165, 1.54) is 11.3 Å². The highest BCUT2D eigenvalue weighted by atomic mass is 32.1. The summed E-state index contributed by atoms with van der Waals surface area (Å²) in [6, 6.07) is 17.6. The van der Waals surface area contributed by atoms with Crippen LogP contribution in [0.25, 0.3) is 10.1 Å². The van der Waals surface area contributed by atoms with Crippen molar-refractivity contribution >= 4 is 33.2 Å². The Morgan fingerprint density at radius 3 is 2.46 bits per heavy atom. The van der Waals surface area contributed by atoms with Crippen LogP contribution in [-0.2, 0) is 11.2 Å². The number of fused-ring (bicyclic) bond motifs is 1. The third kappa shape index (κ3) is 3.87. The highest BCUT2D eigenvalue weighted by Crippen LogP contribution is 2.26. The van der Waals surface area contributed by atoms with Gasteiger partial charge in [0.15, 0.2) is 0 Å². The summed E-state index contributed by atoms with van der Waals surface area (Å²) in [6.45, 7) is 2.27. The van der Waals surface area contributed by atoms with E-state index in [9.17, 15) is 9.59 Å². The maximum atomic E-state index is 12.8. The van der Waals surface area contributed by atoms with Crippen LogP contribution in [0.1, 0.15) is 15.2 Å². The first-order valence-electron chi connectivity index (χ1n) is 9.32. The molecule has 0 spiro atoms. The topological polar surface area (TPSA) is 49.9 Å². The number of rotatable bonds is 4. The fourth-order valence-corrected chi connectivity index (χ4v) is 4.50. The van der Waals surface area contributed by atoms with Crippen molar-refractivity contribution in [1.29, 1.82) is 0 Å². The monoisotopic (exact) mass is 394 g/mol. The van der Waals surface area contributed by atoms with E-state index in [-0.39, 0.29) is 11.8 Å². The summed E-state index contributed by atoms with van der Waals surface area (Å²) < 4.78 is 6.34. The van der Waals surface area contributed by atoms with Gasteiger partial charge in [-0.2, -0.15) is 0 Å². The van der Waals surface area contributed by atoms with Crippen molar-refractivity contribution < 1.29 is 14.3 Å². The lowest BCUT2D eigenvalue weighted by Crippen LogP contribution is -2.50. The van der Waals surface area contributed by atoms with Gasteiger partial charge in [0.2, 0.25) is 5.91 Å². The van der Waals surface area contributed by atoms with Crippen LogP contribution >= 0.6 is 11.3 Å². The molecule has 144 valence electrons. The molecule has 2 amide bonds. The molecule has 1 aliphatic heterocycles. The fraction of sp³-hybridized carbons (Fsp3) is 0.273. The van der Waals surface area contributed by atoms with Crippen LogP contribution < -0.4 is 4.74 Å². The molecule has 0 atom stereocenters. The van der Waals surface area contributed by atoms with Crippen LogP contribution in [0, 0.1) is 0 Å². The Hall–Kier alpha value is -2.86. The van der Waals surface area contributed by atoms with Crippen molar-refractivity contribution in [2.45, 2.75) is 6.42 Å². The largest absolute Gasteiger partial charge is 0.497 e. The highest BCUT2D eigenvalue weighted by molar-refractivity contribution is 7.20. The number of hydrogen-bond donors (Lipinski definition) is 0. The Morgan fingerprint density at radius 2 is 1.71 bits per heavy atom. The number of piperazine rings is 1. The van der Waals surface area contributed by atoms with Gasteiger partial charge in [-0.25, -0.2) is 0 Å². The van der Waals surface area contributed by atoms with Crippen LogP contribution in [0.4, 0.5) is 0 Å². The SMILES string of the molecule is COc1cccc(CC(=O)N2CCN(C(=O)c3cc4ccccc4s3)CC2)c1. The Morgan fingerprint density at radius 1 is 0.964 bits per heavy atom. The first-order chi connectivity index (χ1) is 13.6. The number of methoxy groups -OCH3 is 1. The summed E-state index contributed by atoms with van der Waals surface area (Å²) in [5.74, 6) is 0.896. The number of thiophene rings is 1. The summed E-state index contributed by atoms with van der Waals surface area (Å²) in [7, 11) is 1.62. The molecule has 1 aliphatic rings. The Bertz CT molecular complexity index is 973. The molecule has 28 heavy (non-hydrogen) atoms. The molecule has 0 bridgehead atoms. The second-order valence-corrected chi connectivity index (χ2v) is 7.93. The normalized spacial score (nSPS) is 14.3. The molecule has 2 aromatic carbocycles. The van der Waals surface area contributed by atoms with Crippen molar-refractivity contribution in [3.8, 4) is 5.75 Å². The summed E-state index contributed by atoms with van der Waals surface area (Å²) in [4.78, 5) is 29.9. The zero-order chi connectivity index (χ0) is 19.5. The number of amides is 2. The van der Waals surface area contributed by atoms with E-state index in [1.807, 2.05) is 64.4 Å². The minimum Gasteiger partial charge on any atom is -0.497 e. The number of carbonyl (C=O) groups excluding carboxylic acids is 2. The molecular weight excluding hydrogens is 372 g/mol. The second-order valence-electron chi connectivity index (χ2n) is 6.85. The van der Waals surface area contributed by atoms with Crippen molar-refractivity contribution in [1.82, 2.24) is 9.80 Å².